The number of pyridine rings is 1. The largest absolute Gasteiger partial charge is 0.487 e. The molecule has 7 nitrogen and oxygen atoms in total. The fourth-order valence-electron chi connectivity index (χ4n) is 4.92. The van der Waals surface area contributed by atoms with E-state index in [0.717, 1.165) is 36.9 Å². The van der Waals surface area contributed by atoms with Gasteiger partial charge in [0.05, 0.1) is 6.61 Å². The maximum absolute atomic E-state index is 13.7. The second-order valence-electron chi connectivity index (χ2n) is 9.93. The lowest BCUT2D eigenvalue weighted by atomic mass is 9.93. The van der Waals surface area contributed by atoms with Crippen molar-refractivity contribution in [3.8, 4) is 5.75 Å². The Balaban J connectivity index is 1.69. The van der Waals surface area contributed by atoms with Gasteiger partial charge in [0.15, 0.2) is 0 Å². The number of benzene rings is 1. The highest BCUT2D eigenvalue weighted by molar-refractivity contribution is 7.89. The molecule has 190 valence electrons. The van der Waals surface area contributed by atoms with E-state index in [2.05, 4.69) is 16.0 Å². The second kappa shape index (κ2) is 11.2. The molecule has 1 N–H and O–H groups in total. The highest BCUT2D eigenvalue weighted by Crippen LogP contribution is 2.37. The summed E-state index contributed by atoms with van der Waals surface area (Å²) in [7, 11) is -1.78. The number of aromatic nitrogens is 1. The van der Waals surface area contributed by atoms with Gasteiger partial charge in [-0.3, -0.25) is 9.88 Å². The van der Waals surface area contributed by atoms with Gasteiger partial charge in [-0.2, -0.15) is 4.31 Å². The van der Waals surface area contributed by atoms with Crippen LogP contribution in [0.3, 0.4) is 0 Å². The van der Waals surface area contributed by atoms with E-state index in [-0.39, 0.29) is 30.1 Å². The van der Waals surface area contributed by atoms with Crippen LogP contribution in [0.15, 0.2) is 53.7 Å². The van der Waals surface area contributed by atoms with Gasteiger partial charge in [-0.05, 0) is 80.6 Å². The van der Waals surface area contributed by atoms with E-state index < -0.39 is 16.1 Å². The minimum atomic E-state index is -3.83. The predicted molar refractivity (Wildman–Crippen MR) is 137 cm³/mol. The molecule has 2 aromatic rings. The average Bonchev–Trinajstić information content (AvgIpc) is 2.86. The lowest BCUT2D eigenvalue weighted by Crippen LogP contribution is -2.49. The predicted octanol–water partition coefficient (Wildman–Crippen LogP) is 3.94. The van der Waals surface area contributed by atoms with Crippen molar-refractivity contribution >= 4 is 15.6 Å². The van der Waals surface area contributed by atoms with Gasteiger partial charge >= 0.3 is 0 Å². The number of aliphatic hydroxyl groups excluding tert-OH is 1. The fourth-order valence-corrected chi connectivity index (χ4v) is 6.74. The van der Waals surface area contributed by atoms with Crippen LogP contribution in [0.1, 0.15) is 50.7 Å². The van der Waals surface area contributed by atoms with E-state index in [0.29, 0.717) is 12.3 Å². The molecule has 0 saturated carbocycles. The van der Waals surface area contributed by atoms with Crippen LogP contribution in [0.25, 0.3) is 5.57 Å². The van der Waals surface area contributed by atoms with Gasteiger partial charge in [0.2, 0.25) is 10.0 Å². The third-order valence-corrected chi connectivity index (χ3v) is 9.04. The van der Waals surface area contributed by atoms with Crippen LogP contribution in [0.2, 0.25) is 0 Å². The molecule has 1 aliphatic carbocycles. The number of allylic oxidation sites excluding steroid dienone is 2. The SMILES string of the molecule is C[C@@H]1CN([C@@H](C)CO)S(=O)(=O)c2ccc(C3=CCCCC3)cc2O[C@@H]1CN(C)Cc1ccncc1. The third kappa shape index (κ3) is 5.94. The van der Waals surface area contributed by atoms with Crippen molar-refractivity contribution < 1.29 is 18.3 Å². The molecule has 8 heteroatoms. The number of aliphatic hydroxyl groups is 1. The highest BCUT2D eigenvalue weighted by Gasteiger charge is 2.38. The maximum atomic E-state index is 13.7. The summed E-state index contributed by atoms with van der Waals surface area (Å²) in [6.07, 6.45) is 9.98. The Hall–Kier alpha value is -2.26. The van der Waals surface area contributed by atoms with Crippen LogP contribution < -0.4 is 4.74 Å². The fraction of sp³-hybridized carbons (Fsp3) is 0.519. The Kier molecular flexibility index (Phi) is 8.27. The van der Waals surface area contributed by atoms with Crippen molar-refractivity contribution in [1.82, 2.24) is 14.2 Å². The summed E-state index contributed by atoms with van der Waals surface area (Å²) in [4.78, 5) is 6.46. The zero-order valence-electron chi connectivity index (χ0n) is 20.9. The zero-order chi connectivity index (χ0) is 25.0. The first-order chi connectivity index (χ1) is 16.8. The molecule has 1 aliphatic heterocycles. The number of hydrogen-bond acceptors (Lipinski definition) is 6. The molecule has 35 heavy (non-hydrogen) atoms. The molecule has 0 radical (unpaired) electrons. The highest BCUT2D eigenvalue weighted by atomic mass is 32.2. The summed E-state index contributed by atoms with van der Waals surface area (Å²) >= 11 is 0. The first-order valence-corrected chi connectivity index (χ1v) is 13.9. The summed E-state index contributed by atoms with van der Waals surface area (Å²) in [6.45, 7) is 5.19. The minimum Gasteiger partial charge on any atom is -0.487 e. The lowest BCUT2D eigenvalue weighted by Gasteiger charge is -2.37. The van der Waals surface area contributed by atoms with Crippen molar-refractivity contribution in [2.45, 2.75) is 63.1 Å². The topological polar surface area (TPSA) is 83.0 Å². The molecule has 0 bridgehead atoms. The third-order valence-electron chi connectivity index (χ3n) is 7.02. The van der Waals surface area contributed by atoms with E-state index in [4.69, 9.17) is 4.74 Å². The van der Waals surface area contributed by atoms with Crippen LogP contribution >= 0.6 is 0 Å². The molecule has 1 aromatic carbocycles. The molecule has 0 fully saturated rings. The van der Waals surface area contributed by atoms with E-state index >= 15 is 0 Å². The molecule has 1 aromatic heterocycles. The lowest BCUT2D eigenvalue weighted by molar-refractivity contribution is 0.0733. The maximum Gasteiger partial charge on any atom is 0.247 e. The normalized spacial score (nSPS) is 23.5. The zero-order valence-corrected chi connectivity index (χ0v) is 21.7. The number of sulfonamides is 1. The number of hydrogen-bond donors (Lipinski definition) is 1. The molecular formula is C27H37N3O4S. The molecule has 0 saturated heterocycles. The Morgan fingerprint density at radius 3 is 2.69 bits per heavy atom. The van der Waals surface area contributed by atoms with E-state index in [9.17, 15) is 13.5 Å². The number of likely N-dealkylation sites (N-methyl/N-ethyl adjacent to an activating group) is 1. The Morgan fingerprint density at radius 2 is 2.00 bits per heavy atom. The second-order valence-corrected chi connectivity index (χ2v) is 11.8. The summed E-state index contributed by atoms with van der Waals surface area (Å²) < 4.78 is 35.3. The van der Waals surface area contributed by atoms with Gasteiger partial charge in [-0.1, -0.05) is 19.1 Å². The van der Waals surface area contributed by atoms with Gasteiger partial charge in [-0.25, -0.2) is 8.42 Å². The van der Waals surface area contributed by atoms with Crippen molar-refractivity contribution in [2.75, 3.05) is 26.7 Å². The first-order valence-electron chi connectivity index (χ1n) is 12.5. The molecular weight excluding hydrogens is 462 g/mol. The van der Waals surface area contributed by atoms with E-state index in [1.807, 2.05) is 38.2 Å². The van der Waals surface area contributed by atoms with E-state index in [1.54, 1.807) is 25.4 Å². The average molecular weight is 500 g/mol. The van der Waals surface area contributed by atoms with Crippen molar-refractivity contribution in [3.63, 3.8) is 0 Å². The molecule has 2 aliphatic rings. The van der Waals surface area contributed by atoms with Gasteiger partial charge in [-0.15, -0.1) is 0 Å². The molecule has 0 amide bonds. The summed E-state index contributed by atoms with van der Waals surface area (Å²) in [5.74, 6) is 0.322. The number of fused-ring (bicyclic) bond motifs is 1. The minimum absolute atomic E-state index is 0.0793. The number of rotatable bonds is 7. The molecule has 3 atom stereocenters. The van der Waals surface area contributed by atoms with Crippen molar-refractivity contribution in [1.29, 1.82) is 0 Å². The summed E-state index contributed by atoms with van der Waals surface area (Å²) in [5.41, 5.74) is 3.44. The summed E-state index contributed by atoms with van der Waals surface area (Å²) in [6, 6.07) is 8.95. The van der Waals surface area contributed by atoms with Gasteiger partial charge in [0.1, 0.15) is 16.7 Å². The van der Waals surface area contributed by atoms with Crippen LogP contribution in [-0.4, -0.2) is 66.6 Å². The van der Waals surface area contributed by atoms with Crippen LogP contribution in [0, 0.1) is 5.92 Å². The van der Waals surface area contributed by atoms with Crippen LogP contribution in [0.4, 0.5) is 0 Å². The Morgan fingerprint density at radius 1 is 1.23 bits per heavy atom. The standard InChI is InChI=1S/C27H37N3O4S/c1-20-16-30(21(2)19-31)35(32,33)27-10-9-24(23-7-5-4-6-8-23)15-25(27)34-26(20)18-29(3)17-22-11-13-28-14-12-22/h7,9-15,20-21,26,31H,4-6,8,16-19H2,1-3H3/t20-,21+,26-/m1/s1. The smallest absolute Gasteiger partial charge is 0.247 e. The Bertz CT molecular complexity index is 1140. The molecule has 0 unspecified atom stereocenters. The monoisotopic (exact) mass is 499 g/mol. The van der Waals surface area contributed by atoms with Crippen LogP contribution in [-0.2, 0) is 16.6 Å². The Labute approximate surface area is 209 Å². The quantitative estimate of drug-likeness (QED) is 0.621. The van der Waals surface area contributed by atoms with Gasteiger partial charge in [0.25, 0.3) is 0 Å². The molecule has 4 rings (SSSR count). The van der Waals surface area contributed by atoms with Gasteiger partial charge < -0.3 is 9.84 Å². The number of nitrogens with zero attached hydrogens (tertiary/aromatic N) is 3. The van der Waals surface area contributed by atoms with E-state index in [1.165, 1.54) is 16.3 Å². The van der Waals surface area contributed by atoms with Crippen molar-refractivity contribution in [3.05, 3.63) is 59.9 Å². The van der Waals surface area contributed by atoms with Crippen molar-refractivity contribution in [2.24, 2.45) is 5.92 Å². The number of ether oxygens (including phenoxy) is 1. The van der Waals surface area contributed by atoms with Gasteiger partial charge in [0, 0.05) is 44.0 Å². The summed E-state index contributed by atoms with van der Waals surface area (Å²) in [5, 5.41) is 9.85. The molecule has 2 heterocycles. The first kappa shape index (κ1) is 25.8. The van der Waals surface area contributed by atoms with Crippen LogP contribution in [0.5, 0.6) is 5.75 Å². The molecule has 0 spiro atoms.